The summed E-state index contributed by atoms with van der Waals surface area (Å²) in [6.07, 6.45) is 4.00. The zero-order chi connectivity index (χ0) is 22.0. The van der Waals surface area contributed by atoms with E-state index in [0.717, 1.165) is 49.4 Å². The Balaban J connectivity index is 1.39. The van der Waals surface area contributed by atoms with E-state index in [2.05, 4.69) is 42.0 Å². The van der Waals surface area contributed by atoms with Crippen molar-refractivity contribution in [2.24, 2.45) is 5.92 Å². The fourth-order valence-corrected chi connectivity index (χ4v) is 4.91. The van der Waals surface area contributed by atoms with Crippen LogP contribution in [0.1, 0.15) is 52.7 Å². The number of hydrogen-bond acceptors (Lipinski definition) is 4. The van der Waals surface area contributed by atoms with Gasteiger partial charge in [-0.25, -0.2) is 4.98 Å². The molecule has 2 amide bonds. The van der Waals surface area contributed by atoms with Gasteiger partial charge >= 0.3 is 0 Å². The first-order valence-electron chi connectivity index (χ1n) is 11.3. The summed E-state index contributed by atoms with van der Waals surface area (Å²) in [5.74, 6) is 1.41. The van der Waals surface area contributed by atoms with Gasteiger partial charge in [0.05, 0.1) is 5.92 Å². The summed E-state index contributed by atoms with van der Waals surface area (Å²) >= 11 is 0. The molecule has 2 fully saturated rings. The van der Waals surface area contributed by atoms with Crippen LogP contribution in [0.25, 0.3) is 0 Å². The van der Waals surface area contributed by atoms with Crippen LogP contribution in [0.15, 0.2) is 36.5 Å². The number of carbonyl (C=O) groups excluding carboxylic acids is 2. The molecule has 164 valence electrons. The zero-order valence-electron chi connectivity index (χ0n) is 18.7. The Morgan fingerprint density at radius 1 is 1.13 bits per heavy atom. The van der Waals surface area contributed by atoms with Crippen molar-refractivity contribution in [3.8, 4) is 0 Å². The average molecular weight is 421 g/mol. The highest BCUT2D eigenvalue weighted by Crippen LogP contribution is 2.32. The summed E-state index contributed by atoms with van der Waals surface area (Å²) in [6, 6.07) is 9.83. The van der Waals surface area contributed by atoms with Gasteiger partial charge in [-0.2, -0.15) is 0 Å². The Bertz CT molecular complexity index is 948. The molecule has 2 atom stereocenters. The van der Waals surface area contributed by atoms with Crippen molar-refractivity contribution in [2.45, 2.75) is 39.5 Å². The Morgan fingerprint density at radius 3 is 2.48 bits per heavy atom. The van der Waals surface area contributed by atoms with Crippen LogP contribution >= 0.6 is 0 Å². The third-order valence-corrected chi connectivity index (χ3v) is 6.52. The number of nitrogens with zero attached hydrogens (tertiary/aromatic N) is 3. The van der Waals surface area contributed by atoms with Crippen LogP contribution in [0, 0.1) is 19.8 Å². The van der Waals surface area contributed by atoms with Gasteiger partial charge in [0.2, 0.25) is 5.91 Å². The van der Waals surface area contributed by atoms with Gasteiger partial charge in [-0.15, -0.1) is 0 Å². The van der Waals surface area contributed by atoms with E-state index in [-0.39, 0.29) is 17.7 Å². The molecule has 6 nitrogen and oxygen atoms in total. The molecule has 0 bridgehead atoms. The summed E-state index contributed by atoms with van der Waals surface area (Å²) in [5, 5.41) is 2.99. The molecular weight excluding hydrogens is 388 g/mol. The second kappa shape index (κ2) is 9.08. The van der Waals surface area contributed by atoms with E-state index >= 15 is 0 Å². The van der Waals surface area contributed by atoms with Crippen molar-refractivity contribution in [1.82, 2.24) is 15.2 Å². The summed E-state index contributed by atoms with van der Waals surface area (Å²) in [5.41, 5.74) is 4.03. The van der Waals surface area contributed by atoms with E-state index in [9.17, 15) is 9.59 Å². The van der Waals surface area contributed by atoms with Crippen LogP contribution in [0.2, 0.25) is 0 Å². The highest BCUT2D eigenvalue weighted by Gasteiger charge is 2.35. The lowest BCUT2D eigenvalue weighted by Crippen LogP contribution is -2.49. The lowest BCUT2D eigenvalue weighted by Gasteiger charge is -2.36. The molecular formula is C25H32N4O2. The second-order valence-electron chi connectivity index (χ2n) is 8.83. The van der Waals surface area contributed by atoms with Gasteiger partial charge in [-0.3, -0.25) is 9.59 Å². The number of carbonyl (C=O) groups is 2. The van der Waals surface area contributed by atoms with Crippen LogP contribution in [-0.4, -0.2) is 54.4 Å². The van der Waals surface area contributed by atoms with E-state index in [4.69, 9.17) is 0 Å². The number of benzene rings is 1. The van der Waals surface area contributed by atoms with E-state index in [1.54, 1.807) is 0 Å². The summed E-state index contributed by atoms with van der Waals surface area (Å²) < 4.78 is 0. The molecule has 0 spiro atoms. The number of nitrogens with one attached hydrogen (secondary N) is 1. The van der Waals surface area contributed by atoms with Gasteiger partial charge in [0.25, 0.3) is 5.91 Å². The van der Waals surface area contributed by atoms with Gasteiger partial charge in [0, 0.05) is 44.5 Å². The molecule has 6 heteroatoms. The average Bonchev–Trinajstić information content (AvgIpc) is 3.14. The SMILES string of the molecule is CCCC1CNC(=O)[C@H]1c1ccc(C(=O)N2CCN(c3ncc(C)cc3C)CC2)cc1. The number of piperazine rings is 1. The first kappa shape index (κ1) is 21.3. The molecule has 1 N–H and O–H groups in total. The Kier molecular flexibility index (Phi) is 6.25. The van der Waals surface area contributed by atoms with Gasteiger partial charge in [0.1, 0.15) is 5.82 Å². The number of aromatic nitrogens is 1. The fraction of sp³-hybridized carbons (Fsp3) is 0.480. The summed E-state index contributed by atoms with van der Waals surface area (Å²) in [4.78, 5) is 34.1. The highest BCUT2D eigenvalue weighted by molar-refractivity contribution is 5.94. The first-order chi connectivity index (χ1) is 15.0. The van der Waals surface area contributed by atoms with Crippen molar-refractivity contribution in [1.29, 1.82) is 0 Å². The Hall–Kier alpha value is -2.89. The number of aryl methyl sites for hydroxylation is 2. The number of anilines is 1. The van der Waals surface area contributed by atoms with Gasteiger partial charge < -0.3 is 15.1 Å². The molecule has 0 saturated carbocycles. The normalized spacial score (nSPS) is 21.3. The lowest BCUT2D eigenvalue weighted by molar-refractivity contribution is -0.120. The summed E-state index contributed by atoms with van der Waals surface area (Å²) in [6.45, 7) is 9.95. The Labute approximate surface area is 184 Å². The maximum absolute atomic E-state index is 13.0. The van der Waals surface area contributed by atoms with Crippen LogP contribution in [0.5, 0.6) is 0 Å². The standard InChI is InChI=1S/C25H32N4O2/c1-4-5-21-16-27-24(30)22(21)19-6-8-20(9-7-19)25(31)29-12-10-28(11-13-29)23-18(3)14-17(2)15-26-23/h6-9,14-15,21-22H,4-5,10-13,16H2,1-3H3,(H,27,30)/t21?,22-/m0/s1. The van der Waals surface area contributed by atoms with Crippen molar-refractivity contribution >= 4 is 17.6 Å². The molecule has 3 heterocycles. The molecule has 31 heavy (non-hydrogen) atoms. The van der Waals surface area contributed by atoms with Crippen LogP contribution in [0.3, 0.4) is 0 Å². The molecule has 2 aliphatic heterocycles. The van der Waals surface area contributed by atoms with Crippen molar-refractivity contribution < 1.29 is 9.59 Å². The summed E-state index contributed by atoms with van der Waals surface area (Å²) in [7, 11) is 0. The molecule has 2 aliphatic rings. The molecule has 0 aliphatic carbocycles. The van der Waals surface area contributed by atoms with Gasteiger partial charge in [-0.05, 0) is 55.0 Å². The maximum atomic E-state index is 13.0. The highest BCUT2D eigenvalue weighted by atomic mass is 16.2. The van der Waals surface area contributed by atoms with E-state index in [1.165, 1.54) is 5.56 Å². The monoisotopic (exact) mass is 420 g/mol. The third-order valence-electron chi connectivity index (χ3n) is 6.52. The van der Waals surface area contributed by atoms with Crippen LogP contribution in [-0.2, 0) is 4.79 Å². The van der Waals surface area contributed by atoms with Crippen molar-refractivity contribution in [3.05, 3.63) is 58.8 Å². The van der Waals surface area contributed by atoms with E-state index in [1.807, 2.05) is 35.4 Å². The smallest absolute Gasteiger partial charge is 0.253 e. The van der Waals surface area contributed by atoms with Crippen molar-refractivity contribution in [3.63, 3.8) is 0 Å². The van der Waals surface area contributed by atoms with E-state index in [0.29, 0.717) is 24.6 Å². The van der Waals surface area contributed by atoms with Crippen LogP contribution < -0.4 is 10.2 Å². The molecule has 0 radical (unpaired) electrons. The quantitative estimate of drug-likeness (QED) is 0.806. The molecule has 1 unspecified atom stereocenters. The van der Waals surface area contributed by atoms with Gasteiger partial charge in [0.15, 0.2) is 0 Å². The predicted octanol–water partition coefficient (Wildman–Crippen LogP) is 3.29. The fourth-order valence-electron chi connectivity index (χ4n) is 4.91. The predicted molar refractivity (Wildman–Crippen MR) is 122 cm³/mol. The zero-order valence-corrected chi connectivity index (χ0v) is 18.7. The third kappa shape index (κ3) is 4.43. The maximum Gasteiger partial charge on any atom is 0.253 e. The molecule has 1 aromatic heterocycles. The minimum absolute atomic E-state index is 0.0563. The minimum atomic E-state index is -0.0992. The number of amides is 2. The second-order valence-corrected chi connectivity index (χ2v) is 8.83. The van der Waals surface area contributed by atoms with Crippen molar-refractivity contribution in [2.75, 3.05) is 37.6 Å². The largest absolute Gasteiger partial charge is 0.355 e. The van der Waals surface area contributed by atoms with E-state index < -0.39 is 0 Å². The number of hydrogen-bond donors (Lipinski definition) is 1. The molecule has 2 saturated heterocycles. The lowest BCUT2D eigenvalue weighted by atomic mass is 9.85. The molecule has 2 aromatic rings. The first-order valence-corrected chi connectivity index (χ1v) is 11.3. The number of rotatable bonds is 5. The minimum Gasteiger partial charge on any atom is -0.355 e. The molecule has 1 aromatic carbocycles. The Morgan fingerprint density at radius 2 is 1.84 bits per heavy atom. The number of pyridine rings is 1. The molecule has 4 rings (SSSR count). The van der Waals surface area contributed by atoms with Crippen LogP contribution in [0.4, 0.5) is 5.82 Å². The van der Waals surface area contributed by atoms with Gasteiger partial charge in [-0.1, -0.05) is 31.5 Å². The topological polar surface area (TPSA) is 65.5 Å².